The minimum atomic E-state index is -1.07. The number of nitrogens with zero attached hydrogens (tertiary/aromatic N) is 1. The van der Waals surface area contributed by atoms with E-state index in [1.54, 1.807) is 0 Å². The third-order valence-corrected chi connectivity index (χ3v) is 8.87. The van der Waals surface area contributed by atoms with Crippen molar-refractivity contribution in [3.63, 3.8) is 0 Å². The van der Waals surface area contributed by atoms with E-state index in [0.717, 1.165) is 38.5 Å². The standard InChI is InChI=1S/C29H49N5O5/c1-5-20(19-13-7-6-8-14-19)32-28(39)33-24(29(2,3)4)27(38)34-16-10-15-22(34)26(37)31-21(23(35)25(30)36)17-18-11-9-12-18/h18-22,24H,5-17H2,1-4H3,(H2,30,36)(H,31,37)(H2,32,33,39)/t20-,21?,22+,24-/m1/s1. The second kappa shape index (κ2) is 13.6. The Hall–Kier alpha value is -2.65. The molecule has 0 aromatic heterocycles. The van der Waals surface area contributed by atoms with Crippen LogP contribution in [0.1, 0.15) is 105 Å². The number of likely N-dealkylation sites (tertiary alicyclic amines) is 1. The smallest absolute Gasteiger partial charge is 0.315 e. The maximum atomic E-state index is 13.8. The predicted octanol–water partition coefficient (Wildman–Crippen LogP) is 2.78. The molecule has 1 unspecified atom stereocenters. The van der Waals surface area contributed by atoms with Crippen LogP contribution in [0.25, 0.3) is 0 Å². The number of ketones is 1. The Bertz CT molecular complexity index is 906. The van der Waals surface area contributed by atoms with Gasteiger partial charge in [0.1, 0.15) is 12.1 Å². The highest BCUT2D eigenvalue weighted by molar-refractivity contribution is 6.37. The second-order valence-electron chi connectivity index (χ2n) is 12.8. The molecule has 2 saturated carbocycles. The second-order valence-corrected chi connectivity index (χ2v) is 12.8. The van der Waals surface area contributed by atoms with Crippen molar-refractivity contribution in [1.82, 2.24) is 20.9 Å². The lowest BCUT2D eigenvalue weighted by atomic mass is 9.80. The maximum absolute atomic E-state index is 13.8. The van der Waals surface area contributed by atoms with Gasteiger partial charge in [0.25, 0.3) is 5.91 Å². The summed E-state index contributed by atoms with van der Waals surface area (Å²) in [5, 5.41) is 8.77. The van der Waals surface area contributed by atoms with Gasteiger partial charge in [0.2, 0.25) is 17.6 Å². The summed E-state index contributed by atoms with van der Waals surface area (Å²) in [4.78, 5) is 65.8. The van der Waals surface area contributed by atoms with E-state index >= 15 is 0 Å². The van der Waals surface area contributed by atoms with Crippen LogP contribution in [0.2, 0.25) is 0 Å². The lowest BCUT2D eigenvalue weighted by molar-refractivity contribution is -0.143. The first-order valence-corrected chi connectivity index (χ1v) is 14.9. The van der Waals surface area contributed by atoms with Crippen LogP contribution in [0, 0.1) is 17.3 Å². The molecule has 10 nitrogen and oxygen atoms in total. The molecule has 1 aliphatic heterocycles. The molecule has 0 aromatic carbocycles. The van der Waals surface area contributed by atoms with Crippen LogP contribution < -0.4 is 21.7 Å². The van der Waals surface area contributed by atoms with E-state index in [9.17, 15) is 24.0 Å². The zero-order chi connectivity index (χ0) is 28.7. The van der Waals surface area contributed by atoms with Gasteiger partial charge in [-0.3, -0.25) is 19.2 Å². The van der Waals surface area contributed by atoms with Gasteiger partial charge in [-0.2, -0.15) is 0 Å². The zero-order valence-electron chi connectivity index (χ0n) is 24.2. The van der Waals surface area contributed by atoms with Gasteiger partial charge in [0.05, 0.1) is 6.04 Å². The van der Waals surface area contributed by atoms with E-state index in [0.29, 0.717) is 31.7 Å². The van der Waals surface area contributed by atoms with Crippen LogP contribution in [0.15, 0.2) is 0 Å². The fourth-order valence-corrected chi connectivity index (χ4v) is 6.28. The van der Waals surface area contributed by atoms with Gasteiger partial charge in [-0.15, -0.1) is 0 Å². The number of urea groups is 1. The lowest BCUT2D eigenvalue weighted by Gasteiger charge is -2.37. The quantitative estimate of drug-likeness (QED) is 0.293. The summed E-state index contributed by atoms with van der Waals surface area (Å²) >= 11 is 0. The summed E-state index contributed by atoms with van der Waals surface area (Å²) in [7, 11) is 0. The van der Waals surface area contributed by atoms with Crippen molar-refractivity contribution in [3.05, 3.63) is 0 Å². The van der Waals surface area contributed by atoms with Gasteiger partial charge in [0.15, 0.2) is 0 Å². The van der Waals surface area contributed by atoms with Crippen LogP contribution in [-0.2, 0) is 19.2 Å². The van der Waals surface area contributed by atoms with E-state index in [4.69, 9.17) is 5.73 Å². The number of amides is 5. The van der Waals surface area contributed by atoms with Crippen LogP contribution in [0.5, 0.6) is 0 Å². The first-order valence-electron chi connectivity index (χ1n) is 14.9. The highest BCUT2D eigenvalue weighted by Gasteiger charge is 2.43. The van der Waals surface area contributed by atoms with E-state index in [2.05, 4.69) is 22.9 Å². The average Bonchev–Trinajstić information content (AvgIpc) is 3.36. The Morgan fingerprint density at radius 1 is 0.872 bits per heavy atom. The Kier molecular flexibility index (Phi) is 10.8. The molecule has 10 heteroatoms. The van der Waals surface area contributed by atoms with Gasteiger partial charge >= 0.3 is 6.03 Å². The molecule has 3 rings (SSSR count). The van der Waals surface area contributed by atoms with E-state index in [1.165, 1.54) is 24.2 Å². The maximum Gasteiger partial charge on any atom is 0.315 e. The summed E-state index contributed by atoms with van der Waals surface area (Å²) < 4.78 is 0. The minimum Gasteiger partial charge on any atom is -0.363 e. The van der Waals surface area contributed by atoms with Crippen LogP contribution >= 0.6 is 0 Å². The predicted molar refractivity (Wildman–Crippen MR) is 148 cm³/mol. The summed E-state index contributed by atoms with van der Waals surface area (Å²) in [5.41, 5.74) is 4.65. The SMILES string of the molecule is CC[C@@H](NC(=O)N[C@H](C(=O)N1CCC[C@H]1C(=O)NC(CC1CCC1)C(=O)C(N)=O)C(C)(C)C)C1CCCCC1. The molecule has 0 bridgehead atoms. The summed E-state index contributed by atoms with van der Waals surface area (Å²) in [6.07, 6.45) is 11.0. The van der Waals surface area contributed by atoms with Gasteiger partial charge in [0, 0.05) is 12.6 Å². The number of rotatable bonds is 11. The van der Waals surface area contributed by atoms with Crippen molar-refractivity contribution in [2.45, 2.75) is 129 Å². The fraction of sp³-hybridized carbons (Fsp3) is 0.828. The highest BCUT2D eigenvalue weighted by atomic mass is 16.2. The minimum absolute atomic E-state index is 0.0572. The fourth-order valence-electron chi connectivity index (χ4n) is 6.28. The number of Topliss-reactive ketones (excluding diaryl/α,β-unsaturated/α-hetero) is 1. The summed E-state index contributed by atoms with van der Waals surface area (Å²) in [5.74, 6) is -1.94. The van der Waals surface area contributed by atoms with Crippen molar-refractivity contribution in [2.75, 3.05) is 6.54 Å². The van der Waals surface area contributed by atoms with Crippen molar-refractivity contribution < 1.29 is 24.0 Å². The molecule has 39 heavy (non-hydrogen) atoms. The summed E-state index contributed by atoms with van der Waals surface area (Å²) in [6, 6.07) is -2.91. The molecule has 1 saturated heterocycles. The number of nitrogens with two attached hydrogens (primary N) is 1. The van der Waals surface area contributed by atoms with E-state index in [1.807, 2.05) is 20.8 Å². The zero-order valence-corrected chi connectivity index (χ0v) is 24.2. The third-order valence-electron chi connectivity index (χ3n) is 8.87. The first-order chi connectivity index (χ1) is 18.4. The van der Waals surface area contributed by atoms with E-state index < -0.39 is 41.1 Å². The van der Waals surface area contributed by atoms with Gasteiger partial charge in [-0.1, -0.05) is 66.2 Å². The molecule has 0 aromatic rings. The van der Waals surface area contributed by atoms with Gasteiger partial charge < -0.3 is 26.6 Å². The molecular weight excluding hydrogens is 498 g/mol. The van der Waals surface area contributed by atoms with Crippen molar-refractivity contribution in [3.8, 4) is 0 Å². The number of carbonyl (C=O) groups is 5. The van der Waals surface area contributed by atoms with Crippen molar-refractivity contribution >= 4 is 29.5 Å². The molecule has 3 aliphatic rings. The number of hydrogen-bond donors (Lipinski definition) is 4. The van der Waals surface area contributed by atoms with Crippen LogP contribution in [-0.4, -0.2) is 65.1 Å². The summed E-state index contributed by atoms with van der Waals surface area (Å²) in [6.45, 7) is 8.11. The molecule has 5 amide bonds. The monoisotopic (exact) mass is 547 g/mol. The largest absolute Gasteiger partial charge is 0.363 e. The molecular formula is C29H49N5O5. The molecule has 2 aliphatic carbocycles. The van der Waals surface area contributed by atoms with Crippen LogP contribution in [0.4, 0.5) is 4.79 Å². The molecule has 5 N–H and O–H groups in total. The molecule has 1 heterocycles. The Morgan fingerprint density at radius 3 is 2.08 bits per heavy atom. The topological polar surface area (TPSA) is 151 Å². The number of carbonyl (C=O) groups excluding carboxylic acids is 5. The molecule has 220 valence electrons. The first kappa shape index (κ1) is 30.9. The number of hydrogen-bond acceptors (Lipinski definition) is 5. The van der Waals surface area contributed by atoms with Crippen LogP contribution in [0.3, 0.4) is 0 Å². The normalized spacial score (nSPS) is 22.8. The van der Waals surface area contributed by atoms with E-state index in [-0.39, 0.29) is 23.9 Å². The Labute approximate surface area is 232 Å². The van der Waals surface area contributed by atoms with Crippen molar-refractivity contribution in [1.29, 1.82) is 0 Å². The average molecular weight is 548 g/mol. The molecule has 4 atom stereocenters. The lowest BCUT2D eigenvalue weighted by Crippen LogP contribution is -2.60. The molecule has 3 fully saturated rings. The van der Waals surface area contributed by atoms with Gasteiger partial charge in [-0.25, -0.2) is 4.79 Å². The number of nitrogens with one attached hydrogen (secondary N) is 3. The van der Waals surface area contributed by atoms with Gasteiger partial charge in [-0.05, 0) is 55.8 Å². The third kappa shape index (κ3) is 8.18. The van der Waals surface area contributed by atoms with Crippen molar-refractivity contribution in [2.24, 2.45) is 23.0 Å². The Balaban J connectivity index is 1.68. The Morgan fingerprint density at radius 2 is 1.54 bits per heavy atom. The molecule has 0 radical (unpaired) electrons. The highest BCUT2D eigenvalue weighted by Crippen LogP contribution is 2.31. The number of primary amides is 1. The molecule has 0 spiro atoms.